The Hall–Kier alpha value is -2.44. The molecule has 3 rings (SSSR count). The molecular weight excluding hydrogens is 297 g/mol. The van der Waals surface area contributed by atoms with Crippen molar-refractivity contribution in [2.75, 3.05) is 0 Å². The number of rotatable bonds is 5. The molecule has 0 aliphatic heterocycles. The van der Waals surface area contributed by atoms with Crippen molar-refractivity contribution in [3.05, 3.63) is 47.8 Å². The van der Waals surface area contributed by atoms with Crippen LogP contribution >= 0.6 is 0 Å². The first kappa shape index (κ1) is 15.5. The molecule has 1 atom stereocenters. The molecule has 2 aromatic rings. The Morgan fingerprint density at radius 1 is 1.43 bits per heavy atom. The summed E-state index contributed by atoms with van der Waals surface area (Å²) in [6.45, 7) is 2.35. The van der Waals surface area contributed by atoms with Gasteiger partial charge in [0.15, 0.2) is 5.82 Å². The maximum atomic E-state index is 13.0. The number of hydrogen-bond donors (Lipinski definition) is 1. The van der Waals surface area contributed by atoms with Crippen molar-refractivity contribution >= 4 is 6.03 Å². The first-order chi connectivity index (χ1) is 11.0. The maximum absolute atomic E-state index is 13.0. The van der Waals surface area contributed by atoms with E-state index in [1.54, 1.807) is 27.9 Å². The molecule has 0 bridgehead atoms. The smallest absolute Gasteiger partial charge is 0.318 e. The molecule has 0 saturated heterocycles. The van der Waals surface area contributed by atoms with Gasteiger partial charge in [-0.15, -0.1) is 10.2 Å². The van der Waals surface area contributed by atoms with E-state index in [0.717, 1.165) is 18.4 Å². The van der Waals surface area contributed by atoms with Gasteiger partial charge in [0.2, 0.25) is 0 Å². The van der Waals surface area contributed by atoms with Crippen molar-refractivity contribution < 1.29 is 9.18 Å². The lowest BCUT2D eigenvalue weighted by Gasteiger charge is -2.25. The highest BCUT2D eigenvalue weighted by atomic mass is 19.1. The van der Waals surface area contributed by atoms with Crippen LogP contribution in [0.2, 0.25) is 0 Å². The maximum Gasteiger partial charge on any atom is 0.318 e. The monoisotopic (exact) mass is 317 g/mol. The van der Waals surface area contributed by atoms with Gasteiger partial charge in [-0.1, -0.05) is 12.1 Å². The predicted molar refractivity (Wildman–Crippen MR) is 82.9 cm³/mol. The highest BCUT2D eigenvalue weighted by molar-refractivity contribution is 5.75. The second-order valence-corrected chi connectivity index (χ2v) is 5.96. The van der Waals surface area contributed by atoms with E-state index < -0.39 is 0 Å². The van der Waals surface area contributed by atoms with Crippen LogP contribution in [0.4, 0.5) is 9.18 Å². The number of halogens is 1. The van der Waals surface area contributed by atoms with E-state index in [9.17, 15) is 9.18 Å². The van der Waals surface area contributed by atoms with Crippen LogP contribution in [0, 0.1) is 5.82 Å². The van der Waals surface area contributed by atoms with E-state index in [1.165, 1.54) is 12.1 Å². The van der Waals surface area contributed by atoms with E-state index in [0.29, 0.717) is 12.4 Å². The van der Waals surface area contributed by atoms with Gasteiger partial charge in [-0.2, -0.15) is 0 Å². The van der Waals surface area contributed by atoms with Crippen molar-refractivity contribution in [3.8, 4) is 0 Å². The summed E-state index contributed by atoms with van der Waals surface area (Å²) < 4.78 is 14.8. The number of carbonyl (C=O) groups excluding carboxylic acids is 1. The molecule has 2 amide bonds. The van der Waals surface area contributed by atoms with Crippen molar-refractivity contribution in [2.24, 2.45) is 7.05 Å². The zero-order valence-electron chi connectivity index (χ0n) is 13.2. The molecule has 1 fully saturated rings. The van der Waals surface area contributed by atoms with Crippen LogP contribution in [0.3, 0.4) is 0 Å². The third-order valence-electron chi connectivity index (χ3n) is 3.99. The lowest BCUT2D eigenvalue weighted by Crippen LogP contribution is -2.42. The van der Waals surface area contributed by atoms with Gasteiger partial charge in [-0.25, -0.2) is 9.18 Å². The zero-order valence-corrected chi connectivity index (χ0v) is 13.2. The van der Waals surface area contributed by atoms with Gasteiger partial charge in [-0.05, 0) is 37.5 Å². The third kappa shape index (κ3) is 3.67. The van der Waals surface area contributed by atoms with Crippen molar-refractivity contribution in [3.63, 3.8) is 0 Å². The summed E-state index contributed by atoms with van der Waals surface area (Å²) in [5, 5.41) is 10.8. The van der Waals surface area contributed by atoms with Gasteiger partial charge >= 0.3 is 6.03 Å². The molecule has 1 saturated carbocycles. The average Bonchev–Trinajstić information content (AvgIpc) is 3.27. The molecule has 0 unspecified atom stereocenters. The number of hydrogen-bond acceptors (Lipinski definition) is 3. The summed E-state index contributed by atoms with van der Waals surface area (Å²) in [6, 6.07) is 6.15. The van der Waals surface area contributed by atoms with E-state index in [2.05, 4.69) is 15.5 Å². The summed E-state index contributed by atoms with van der Waals surface area (Å²) in [7, 11) is 1.84. The lowest BCUT2D eigenvalue weighted by atomic mass is 10.2. The fourth-order valence-electron chi connectivity index (χ4n) is 2.56. The Morgan fingerprint density at radius 3 is 2.70 bits per heavy atom. The van der Waals surface area contributed by atoms with E-state index in [4.69, 9.17) is 0 Å². The van der Waals surface area contributed by atoms with Crippen LogP contribution < -0.4 is 5.32 Å². The van der Waals surface area contributed by atoms with Crippen LogP contribution in [0.15, 0.2) is 30.6 Å². The van der Waals surface area contributed by atoms with Gasteiger partial charge in [0, 0.05) is 19.6 Å². The molecule has 1 aromatic carbocycles. The minimum Gasteiger partial charge on any atom is -0.328 e. The summed E-state index contributed by atoms with van der Waals surface area (Å²) in [5.41, 5.74) is 0.916. The molecule has 23 heavy (non-hydrogen) atoms. The molecule has 1 aliphatic rings. The number of amides is 2. The first-order valence-corrected chi connectivity index (χ1v) is 7.70. The second kappa shape index (κ2) is 6.36. The highest BCUT2D eigenvalue weighted by Crippen LogP contribution is 2.28. The van der Waals surface area contributed by atoms with Crippen LogP contribution in [-0.2, 0) is 13.6 Å². The average molecular weight is 317 g/mol. The largest absolute Gasteiger partial charge is 0.328 e. The summed E-state index contributed by atoms with van der Waals surface area (Å²) >= 11 is 0. The minimum atomic E-state index is -0.271. The van der Waals surface area contributed by atoms with Crippen molar-refractivity contribution in [2.45, 2.75) is 38.4 Å². The number of nitrogens with zero attached hydrogens (tertiary/aromatic N) is 4. The van der Waals surface area contributed by atoms with Crippen LogP contribution in [0.25, 0.3) is 0 Å². The molecule has 122 valence electrons. The predicted octanol–water partition coefficient (Wildman–Crippen LogP) is 2.39. The van der Waals surface area contributed by atoms with Gasteiger partial charge in [-0.3, -0.25) is 0 Å². The van der Waals surface area contributed by atoms with Gasteiger partial charge in [0.05, 0.1) is 6.04 Å². The standard InChI is InChI=1S/C16H20FN5O/c1-11(15-20-18-10-21(15)2)19-16(23)22(14-7-8-14)9-12-3-5-13(17)6-4-12/h3-6,10-11,14H,7-9H2,1-2H3,(H,19,23)/t11-/m1/s1. The fraction of sp³-hybridized carbons (Fsp3) is 0.438. The quantitative estimate of drug-likeness (QED) is 0.921. The molecule has 1 N–H and O–H groups in total. The fourth-order valence-corrected chi connectivity index (χ4v) is 2.56. The Kier molecular flexibility index (Phi) is 4.27. The number of aromatic nitrogens is 3. The first-order valence-electron chi connectivity index (χ1n) is 7.70. The Labute approximate surface area is 134 Å². The van der Waals surface area contributed by atoms with Gasteiger partial charge in [0.1, 0.15) is 12.1 Å². The Morgan fingerprint density at radius 2 is 2.13 bits per heavy atom. The summed E-state index contributed by atoms with van der Waals surface area (Å²) in [5.74, 6) is 0.433. The Balaban J connectivity index is 1.67. The SMILES string of the molecule is C[C@@H](NC(=O)N(Cc1ccc(F)cc1)C1CC1)c1nncn1C. The number of benzene rings is 1. The number of urea groups is 1. The van der Waals surface area contributed by atoms with Crippen molar-refractivity contribution in [1.29, 1.82) is 0 Å². The molecule has 1 heterocycles. The second-order valence-electron chi connectivity index (χ2n) is 5.96. The van der Waals surface area contributed by atoms with Crippen LogP contribution in [-0.4, -0.2) is 31.7 Å². The number of carbonyl (C=O) groups is 1. The van der Waals surface area contributed by atoms with Gasteiger partial charge < -0.3 is 14.8 Å². The van der Waals surface area contributed by atoms with Crippen LogP contribution in [0.1, 0.15) is 37.2 Å². The molecule has 1 aliphatic carbocycles. The number of aryl methyl sites for hydroxylation is 1. The number of nitrogens with one attached hydrogen (secondary N) is 1. The molecule has 0 radical (unpaired) electrons. The van der Waals surface area contributed by atoms with E-state index in [-0.39, 0.29) is 23.9 Å². The van der Waals surface area contributed by atoms with Crippen LogP contribution in [0.5, 0.6) is 0 Å². The highest BCUT2D eigenvalue weighted by Gasteiger charge is 2.33. The molecular formula is C16H20FN5O. The summed E-state index contributed by atoms with van der Waals surface area (Å²) in [4.78, 5) is 14.4. The summed E-state index contributed by atoms with van der Waals surface area (Å²) in [6.07, 6.45) is 3.62. The normalized spacial score (nSPS) is 15.3. The van der Waals surface area contributed by atoms with Gasteiger partial charge in [0.25, 0.3) is 0 Å². The lowest BCUT2D eigenvalue weighted by molar-refractivity contribution is 0.188. The topological polar surface area (TPSA) is 63.1 Å². The zero-order chi connectivity index (χ0) is 16.4. The Bertz CT molecular complexity index is 680. The van der Waals surface area contributed by atoms with Crippen molar-refractivity contribution in [1.82, 2.24) is 25.0 Å². The third-order valence-corrected chi connectivity index (χ3v) is 3.99. The minimum absolute atomic E-state index is 0.132. The molecule has 7 heteroatoms. The molecule has 0 spiro atoms. The molecule has 6 nitrogen and oxygen atoms in total. The van der Waals surface area contributed by atoms with E-state index in [1.807, 2.05) is 14.0 Å². The van der Waals surface area contributed by atoms with E-state index >= 15 is 0 Å². The molecule has 1 aromatic heterocycles.